The van der Waals surface area contributed by atoms with E-state index in [0.29, 0.717) is 4.99 Å². The Bertz CT molecular complexity index is 479. The number of amides is 1. The summed E-state index contributed by atoms with van der Waals surface area (Å²) in [6.45, 7) is 3.87. The van der Waals surface area contributed by atoms with Crippen LogP contribution in [0.3, 0.4) is 0 Å². The molecule has 6 heteroatoms. The van der Waals surface area contributed by atoms with E-state index in [1.54, 1.807) is 11.3 Å². The van der Waals surface area contributed by atoms with Crippen molar-refractivity contribution in [2.24, 2.45) is 11.1 Å². The first kappa shape index (κ1) is 13.4. The Labute approximate surface area is 116 Å². The minimum atomic E-state index is -0.615. The molecular formula is C12H17N3OS2. The molecule has 0 bridgehead atoms. The van der Waals surface area contributed by atoms with Crippen LogP contribution in [0, 0.1) is 12.3 Å². The number of thiazole rings is 1. The topological polar surface area (TPSA) is 68.0 Å². The smallest absolute Gasteiger partial charge is 0.233 e. The van der Waals surface area contributed by atoms with E-state index in [1.807, 2.05) is 19.2 Å². The SMILES string of the molecule is Cc1csc(C(C)NC(=O)C2(C(N)=S)CCC2)n1. The number of rotatable bonds is 4. The Morgan fingerprint density at radius 1 is 1.67 bits per heavy atom. The van der Waals surface area contributed by atoms with Gasteiger partial charge in [-0.05, 0) is 26.7 Å². The highest BCUT2D eigenvalue weighted by atomic mass is 32.1. The second-order valence-corrected chi connectivity index (χ2v) is 6.15. The third-order valence-electron chi connectivity index (χ3n) is 3.47. The van der Waals surface area contributed by atoms with Crippen molar-refractivity contribution >= 4 is 34.5 Å². The van der Waals surface area contributed by atoms with Crippen LogP contribution in [-0.2, 0) is 4.79 Å². The molecule has 1 saturated carbocycles. The van der Waals surface area contributed by atoms with Crippen LogP contribution in [0.5, 0.6) is 0 Å². The summed E-state index contributed by atoms with van der Waals surface area (Å²) in [5.41, 5.74) is 6.07. The van der Waals surface area contributed by atoms with Gasteiger partial charge in [-0.3, -0.25) is 4.79 Å². The zero-order valence-electron chi connectivity index (χ0n) is 10.5. The number of nitrogens with one attached hydrogen (secondary N) is 1. The van der Waals surface area contributed by atoms with E-state index in [4.69, 9.17) is 18.0 Å². The quantitative estimate of drug-likeness (QED) is 0.830. The van der Waals surface area contributed by atoms with Gasteiger partial charge in [0.25, 0.3) is 0 Å². The maximum absolute atomic E-state index is 12.3. The predicted octanol–water partition coefficient (Wildman–Crippen LogP) is 2.09. The van der Waals surface area contributed by atoms with E-state index in [1.165, 1.54) is 0 Å². The molecule has 1 fully saturated rings. The molecule has 18 heavy (non-hydrogen) atoms. The molecule has 1 amide bonds. The molecule has 2 rings (SSSR count). The zero-order chi connectivity index (χ0) is 13.3. The first-order valence-corrected chi connectivity index (χ1v) is 7.27. The molecule has 0 aromatic carbocycles. The lowest BCUT2D eigenvalue weighted by Crippen LogP contribution is -2.53. The monoisotopic (exact) mass is 283 g/mol. The molecule has 1 atom stereocenters. The Morgan fingerprint density at radius 3 is 2.72 bits per heavy atom. The average molecular weight is 283 g/mol. The number of hydrogen-bond acceptors (Lipinski definition) is 4. The summed E-state index contributed by atoms with van der Waals surface area (Å²) in [5.74, 6) is -0.0541. The van der Waals surface area contributed by atoms with Gasteiger partial charge in [-0.25, -0.2) is 4.98 Å². The number of hydrogen-bond donors (Lipinski definition) is 2. The Balaban J connectivity index is 2.05. The Morgan fingerprint density at radius 2 is 2.33 bits per heavy atom. The molecule has 1 aliphatic rings. The second-order valence-electron chi connectivity index (χ2n) is 4.82. The highest BCUT2D eigenvalue weighted by Crippen LogP contribution is 2.42. The molecule has 0 saturated heterocycles. The van der Waals surface area contributed by atoms with E-state index in [-0.39, 0.29) is 11.9 Å². The van der Waals surface area contributed by atoms with Crippen LogP contribution in [0.1, 0.15) is 42.9 Å². The summed E-state index contributed by atoms with van der Waals surface area (Å²) in [6.07, 6.45) is 2.53. The van der Waals surface area contributed by atoms with Crippen molar-refractivity contribution in [1.29, 1.82) is 0 Å². The van der Waals surface area contributed by atoms with Gasteiger partial charge >= 0.3 is 0 Å². The molecule has 0 aliphatic heterocycles. The fourth-order valence-electron chi connectivity index (χ4n) is 2.08. The second kappa shape index (κ2) is 4.93. The summed E-state index contributed by atoms with van der Waals surface area (Å²) in [6, 6.07) is -0.0944. The third-order valence-corrected chi connectivity index (χ3v) is 5.00. The van der Waals surface area contributed by atoms with Crippen molar-refractivity contribution in [1.82, 2.24) is 10.3 Å². The minimum Gasteiger partial charge on any atom is -0.392 e. The van der Waals surface area contributed by atoms with E-state index >= 15 is 0 Å². The van der Waals surface area contributed by atoms with Gasteiger partial charge in [0.2, 0.25) is 5.91 Å². The fraction of sp³-hybridized carbons (Fsp3) is 0.583. The molecule has 1 aliphatic carbocycles. The van der Waals surface area contributed by atoms with Gasteiger partial charge in [0.15, 0.2) is 0 Å². The van der Waals surface area contributed by atoms with E-state index in [0.717, 1.165) is 30.0 Å². The lowest BCUT2D eigenvalue weighted by Gasteiger charge is -2.39. The maximum Gasteiger partial charge on any atom is 0.233 e. The number of nitrogens with zero attached hydrogens (tertiary/aromatic N) is 1. The minimum absolute atomic E-state index is 0.0541. The van der Waals surface area contributed by atoms with E-state index in [9.17, 15) is 4.79 Å². The molecule has 3 N–H and O–H groups in total. The molecule has 1 unspecified atom stereocenters. The summed E-state index contributed by atoms with van der Waals surface area (Å²) < 4.78 is 0. The van der Waals surface area contributed by atoms with Crippen molar-refractivity contribution in [3.63, 3.8) is 0 Å². The van der Waals surface area contributed by atoms with Crippen molar-refractivity contribution < 1.29 is 4.79 Å². The molecular weight excluding hydrogens is 266 g/mol. The molecule has 1 heterocycles. The van der Waals surface area contributed by atoms with Crippen molar-refractivity contribution in [3.8, 4) is 0 Å². The molecule has 98 valence electrons. The van der Waals surface area contributed by atoms with Crippen LogP contribution in [-0.4, -0.2) is 15.9 Å². The van der Waals surface area contributed by atoms with Gasteiger partial charge in [0.05, 0.1) is 16.4 Å². The first-order chi connectivity index (χ1) is 8.45. The van der Waals surface area contributed by atoms with Crippen LogP contribution < -0.4 is 11.1 Å². The van der Waals surface area contributed by atoms with Crippen LogP contribution in [0.15, 0.2) is 5.38 Å². The molecule has 4 nitrogen and oxygen atoms in total. The van der Waals surface area contributed by atoms with Crippen LogP contribution in [0.4, 0.5) is 0 Å². The summed E-state index contributed by atoms with van der Waals surface area (Å²) in [4.78, 5) is 17.0. The van der Waals surface area contributed by atoms with Gasteiger partial charge in [-0.1, -0.05) is 18.6 Å². The number of carbonyl (C=O) groups is 1. The van der Waals surface area contributed by atoms with Gasteiger partial charge in [0.1, 0.15) is 5.01 Å². The summed E-state index contributed by atoms with van der Waals surface area (Å²) >= 11 is 6.59. The fourth-order valence-corrected chi connectivity index (χ4v) is 3.18. The van der Waals surface area contributed by atoms with Gasteiger partial charge in [-0.15, -0.1) is 11.3 Å². The predicted molar refractivity (Wildman–Crippen MR) is 76.5 cm³/mol. The lowest BCUT2D eigenvalue weighted by atomic mass is 9.68. The highest BCUT2D eigenvalue weighted by Gasteiger charge is 2.47. The Kier molecular flexibility index (Phi) is 3.68. The standard InChI is InChI=1S/C12H17N3OS2/c1-7-6-18-9(14-7)8(2)15-11(16)12(10(13)17)4-3-5-12/h6,8H,3-5H2,1-2H3,(H2,13,17)(H,15,16). The van der Waals surface area contributed by atoms with Crippen LogP contribution in [0.25, 0.3) is 0 Å². The zero-order valence-corrected chi connectivity index (χ0v) is 12.2. The van der Waals surface area contributed by atoms with Gasteiger partial charge in [0, 0.05) is 11.1 Å². The molecule has 1 aromatic heterocycles. The maximum atomic E-state index is 12.3. The number of carbonyl (C=O) groups excluding carboxylic acids is 1. The van der Waals surface area contributed by atoms with E-state index < -0.39 is 5.41 Å². The Hall–Kier alpha value is -1.01. The number of aryl methyl sites for hydroxylation is 1. The molecule has 1 aromatic rings. The largest absolute Gasteiger partial charge is 0.392 e. The summed E-state index contributed by atoms with van der Waals surface area (Å²) in [5, 5.41) is 5.87. The van der Waals surface area contributed by atoms with Crippen molar-refractivity contribution in [3.05, 3.63) is 16.1 Å². The molecule has 0 spiro atoms. The van der Waals surface area contributed by atoms with Crippen LogP contribution in [0.2, 0.25) is 0 Å². The average Bonchev–Trinajstić information content (AvgIpc) is 2.62. The van der Waals surface area contributed by atoms with Crippen molar-refractivity contribution in [2.45, 2.75) is 39.2 Å². The van der Waals surface area contributed by atoms with Gasteiger partial charge in [-0.2, -0.15) is 0 Å². The summed E-state index contributed by atoms with van der Waals surface area (Å²) in [7, 11) is 0. The first-order valence-electron chi connectivity index (χ1n) is 5.98. The lowest BCUT2D eigenvalue weighted by molar-refractivity contribution is -0.131. The number of nitrogens with two attached hydrogens (primary N) is 1. The van der Waals surface area contributed by atoms with Crippen LogP contribution >= 0.6 is 23.6 Å². The third kappa shape index (κ3) is 2.27. The van der Waals surface area contributed by atoms with Gasteiger partial charge < -0.3 is 11.1 Å². The highest BCUT2D eigenvalue weighted by molar-refractivity contribution is 7.80. The molecule has 0 radical (unpaired) electrons. The number of aromatic nitrogens is 1. The van der Waals surface area contributed by atoms with Crippen molar-refractivity contribution in [2.75, 3.05) is 0 Å². The van der Waals surface area contributed by atoms with E-state index in [2.05, 4.69) is 10.3 Å². The normalized spacial score (nSPS) is 18.8. The number of thiocarbonyl (C=S) groups is 1.